The summed E-state index contributed by atoms with van der Waals surface area (Å²) >= 11 is 5.84. The van der Waals surface area contributed by atoms with Gasteiger partial charge >= 0.3 is 0 Å². The molecule has 0 aliphatic rings. The van der Waals surface area contributed by atoms with Crippen molar-refractivity contribution >= 4 is 22.4 Å². The van der Waals surface area contributed by atoms with Crippen LogP contribution >= 0.6 is 11.6 Å². The summed E-state index contributed by atoms with van der Waals surface area (Å²) in [7, 11) is 0. The maximum Gasteiger partial charge on any atom is 0.257 e. The summed E-state index contributed by atoms with van der Waals surface area (Å²) in [6.07, 6.45) is 4.81. The average molecular weight is 258 g/mol. The first-order chi connectivity index (χ1) is 8.74. The van der Waals surface area contributed by atoms with Crippen LogP contribution in [0.25, 0.3) is 22.0 Å². The fraction of sp³-hybridized carbons (Fsp3) is 0. The number of nitrogens with one attached hydrogen (secondary N) is 1. The highest BCUT2D eigenvalue weighted by Crippen LogP contribution is 2.20. The van der Waals surface area contributed by atoms with Gasteiger partial charge in [0.25, 0.3) is 5.56 Å². The summed E-state index contributed by atoms with van der Waals surface area (Å²) in [5.41, 5.74) is 1.37. The molecule has 0 amide bonds. The Morgan fingerprint density at radius 1 is 1.17 bits per heavy atom. The van der Waals surface area contributed by atoms with Gasteiger partial charge in [-0.2, -0.15) is 0 Å². The van der Waals surface area contributed by atoms with E-state index in [4.69, 9.17) is 11.6 Å². The third-order valence-electron chi connectivity index (χ3n) is 2.69. The molecule has 3 aromatic rings. The van der Waals surface area contributed by atoms with Crippen molar-refractivity contribution in [2.24, 2.45) is 0 Å². The zero-order valence-corrected chi connectivity index (χ0v) is 9.98. The van der Waals surface area contributed by atoms with Gasteiger partial charge < -0.3 is 4.98 Å². The summed E-state index contributed by atoms with van der Waals surface area (Å²) in [5, 5.41) is 1.81. The van der Waals surface area contributed by atoms with E-state index in [9.17, 15) is 4.79 Å². The maximum atomic E-state index is 11.9. The third-order valence-corrected chi connectivity index (χ3v) is 2.89. The minimum absolute atomic E-state index is 0.163. The number of halogens is 1. The molecule has 4 nitrogen and oxygen atoms in total. The van der Waals surface area contributed by atoms with Gasteiger partial charge in [0.05, 0.1) is 5.39 Å². The van der Waals surface area contributed by atoms with E-state index in [2.05, 4.69) is 15.0 Å². The van der Waals surface area contributed by atoms with Crippen LogP contribution in [0, 0.1) is 0 Å². The molecule has 3 heterocycles. The van der Waals surface area contributed by atoms with Gasteiger partial charge in [-0.25, -0.2) is 4.98 Å². The second-order valence-corrected chi connectivity index (χ2v) is 4.23. The lowest BCUT2D eigenvalue weighted by atomic mass is 10.1. The zero-order valence-electron chi connectivity index (χ0n) is 9.22. The summed E-state index contributed by atoms with van der Waals surface area (Å²) in [4.78, 5) is 22.6. The van der Waals surface area contributed by atoms with Crippen molar-refractivity contribution in [3.63, 3.8) is 0 Å². The molecule has 0 saturated heterocycles. The number of aromatic amines is 1. The van der Waals surface area contributed by atoms with Gasteiger partial charge in [0.15, 0.2) is 0 Å². The number of pyridine rings is 3. The van der Waals surface area contributed by atoms with Crippen LogP contribution in [0.15, 0.2) is 47.7 Å². The van der Waals surface area contributed by atoms with E-state index in [1.807, 2.05) is 6.07 Å². The van der Waals surface area contributed by atoms with E-state index in [-0.39, 0.29) is 5.56 Å². The molecule has 0 aliphatic heterocycles. The number of fused-ring (bicyclic) bond motifs is 1. The number of hydrogen-bond acceptors (Lipinski definition) is 3. The van der Waals surface area contributed by atoms with Gasteiger partial charge in [0.1, 0.15) is 5.15 Å². The number of hydrogen-bond donors (Lipinski definition) is 1. The van der Waals surface area contributed by atoms with Crippen LogP contribution in [0.2, 0.25) is 5.15 Å². The van der Waals surface area contributed by atoms with Gasteiger partial charge in [-0.3, -0.25) is 9.78 Å². The van der Waals surface area contributed by atoms with Gasteiger partial charge in [-0.15, -0.1) is 0 Å². The largest absolute Gasteiger partial charge is 0.321 e. The fourth-order valence-electron chi connectivity index (χ4n) is 1.83. The van der Waals surface area contributed by atoms with E-state index in [0.717, 1.165) is 10.9 Å². The van der Waals surface area contributed by atoms with E-state index in [0.29, 0.717) is 16.2 Å². The number of aromatic nitrogens is 3. The lowest BCUT2D eigenvalue weighted by Gasteiger charge is -2.03. The summed E-state index contributed by atoms with van der Waals surface area (Å²) in [5.74, 6) is 0. The van der Waals surface area contributed by atoms with Crippen LogP contribution in [-0.4, -0.2) is 15.0 Å². The van der Waals surface area contributed by atoms with Crippen LogP contribution < -0.4 is 5.56 Å². The normalized spacial score (nSPS) is 10.7. The van der Waals surface area contributed by atoms with Crippen molar-refractivity contribution in [1.82, 2.24) is 15.0 Å². The van der Waals surface area contributed by atoms with Crippen molar-refractivity contribution in [1.29, 1.82) is 0 Å². The van der Waals surface area contributed by atoms with E-state index in [1.54, 1.807) is 36.8 Å². The molecule has 0 atom stereocenters. The Labute approximate surface area is 107 Å². The Bertz CT molecular complexity index is 782. The Morgan fingerprint density at radius 3 is 2.89 bits per heavy atom. The maximum absolute atomic E-state index is 11.9. The lowest BCUT2D eigenvalue weighted by molar-refractivity contribution is 1.24. The number of rotatable bonds is 1. The molecule has 88 valence electrons. The summed E-state index contributed by atoms with van der Waals surface area (Å²) in [6.45, 7) is 0. The standard InChI is InChI=1S/C13H8ClN3O/c14-12-6-9(2-4-16-12)11-5-8-1-3-15-7-10(8)13(18)17-11/h1-7H,(H,17,18). The Balaban J connectivity index is 2.28. The average Bonchev–Trinajstić information content (AvgIpc) is 2.39. The van der Waals surface area contributed by atoms with Crippen LogP contribution in [0.5, 0.6) is 0 Å². The lowest BCUT2D eigenvalue weighted by Crippen LogP contribution is -2.07. The van der Waals surface area contributed by atoms with E-state index in [1.165, 1.54) is 0 Å². The van der Waals surface area contributed by atoms with Crippen molar-refractivity contribution in [3.05, 3.63) is 58.4 Å². The molecule has 18 heavy (non-hydrogen) atoms. The van der Waals surface area contributed by atoms with Gasteiger partial charge in [-0.1, -0.05) is 11.6 Å². The fourth-order valence-corrected chi connectivity index (χ4v) is 2.00. The predicted molar refractivity (Wildman–Crippen MR) is 70.6 cm³/mol. The first-order valence-electron chi connectivity index (χ1n) is 5.33. The Kier molecular flexibility index (Phi) is 2.57. The minimum atomic E-state index is -0.163. The van der Waals surface area contributed by atoms with Crippen molar-refractivity contribution in [2.75, 3.05) is 0 Å². The zero-order chi connectivity index (χ0) is 12.5. The van der Waals surface area contributed by atoms with E-state index >= 15 is 0 Å². The number of nitrogens with zero attached hydrogens (tertiary/aromatic N) is 2. The molecule has 3 rings (SSSR count). The van der Waals surface area contributed by atoms with Gasteiger partial charge in [-0.05, 0) is 29.7 Å². The summed E-state index contributed by atoms with van der Waals surface area (Å²) < 4.78 is 0. The molecule has 0 unspecified atom stereocenters. The van der Waals surface area contributed by atoms with Crippen LogP contribution in [0.3, 0.4) is 0 Å². The highest BCUT2D eigenvalue weighted by Gasteiger charge is 2.04. The molecule has 0 aliphatic carbocycles. The van der Waals surface area contributed by atoms with Crippen LogP contribution in [0.1, 0.15) is 0 Å². The molecular weight excluding hydrogens is 250 g/mol. The monoisotopic (exact) mass is 257 g/mol. The first-order valence-corrected chi connectivity index (χ1v) is 5.71. The quantitative estimate of drug-likeness (QED) is 0.682. The second kappa shape index (κ2) is 4.23. The Hall–Kier alpha value is -2.20. The smallest absolute Gasteiger partial charge is 0.257 e. The molecule has 5 heteroatoms. The van der Waals surface area contributed by atoms with E-state index < -0.39 is 0 Å². The highest BCUT2D eigenvalue weighted by molar-refractivity contribution is 6.29. The van der Waals surface area contributed by atoms with Gasteiger partial charge in [0.2, 0.25) is 0 Å². The molecule has 3 aromatic heterocycles. The summed E-state index contributed by atoms with van der Waals surface area (Å²) in [6, 6.07) is 7.20. The second-order valence-electron chi connectivity index (χ2n) is 3.84. The molecule has 0 aromatic carbocycles. The van der Waals surface area contributed by atoms with Crippen molar-refractivity contribution < 1.29 is 0 Å². The molecule has 0 bridgehead atoms. The topological polar surface area (TPSA) is 58.6 Å². The molecular formula is C13H8ClN3O. The SMILES string of the molecule is O=c1[nH]c(-c2ccnc(Cl)c2)cc2ccncc12. The van der Waals surface area contributed by atoms with Crippen molar-refractivity contribution in [2.45, 2.75) is 0 Å². The minimum Gasteiger partial charge on any atom is -0.321 e. The van der Waals surface area contributed by atoms with Gasteiger partial charge in [0, 0.05) is 29.8 Å². The molecule has 0 spiro atoms. The molecule has 1 N–H and O–H groups in total. The molecule has 0 radical (unpaired) electrons. The molecule has 0 saturated carbocycles. The third kappa shape index (κ3) is 1.87. The Morgan fingerprint density at radius 2 is 2.06 bits per heavy atom. The van der Waals surface area contributed by atoms with Crippen molar-refractivity contribution in [3.8, 4) is 11.3 Å². The first kappa shape index (κ1) is 10.9. The number of H-pyrrole nitrogens is 1. The highest BCUT2D eigenvalue weighted by atomic mass is 35.5. The molecule has 0 fully saturated rings. The van der Waals surface area contributed by atoms with Crippen LogP contribution in [0.4, 0.5) is 0 Å². The van der Waals surface area contributed by atoms with Crippen LogP contribution in [-0.2, 0) is 0 Å². The predicted octanol–water partition coefficient (Wildman–Crippen LogP) is 2.64.